The second kappa shape index (κ2) is 6.83. The molecule has 0 aliphatic heterocycles. The highest BCUT2D eigenvalue weighted by molar-refractivity contribution is 5.97. The first-order valence-electron chi connectivity index (χ1n) is 8.19. The topological polar surface area (TPSA) is 59.2 Å². The van der Waals surface area contributed by atoms with Crippen LogP contribution in [-0.2, 0) is 19.4 Å². The van der Waals surface area contributed by atoms with Crippen LogP contribution < -0.4 is 0 Å². The number of furan rings is 1. The van der Waals surface area contributed by atoms with Crippen molar-refractivity contribution < 1.29 is 9.21 Å². The Balaban J connectivity index is 1.90. The molecular weight excluding hydrogens is 302 g/mol. The lowest BCUT2D eigenvalue weighted by molar-refractivity contribution is 0.0775. The van der Waals surface area contributed by atoms with Crippen LogP contribution in [-0.4, -0.2) is 27.8 Å². The monoisotopic (exact) mass is 323 g/mol. The molecule has 0 unspecified atom stereocenters. The second-order valence-corrected chi connectivity index (χ2v) is 5.77. The lowest BCUT2D eigenvalue weighted by Crippen LogP contribution is -2.26. The van der Waals surface area contributed by atoms with Gasteiger partial charge in [0.05, 0.1) is 35.2 Å². The summed E-state index contributed by atoms with van der Waals surface area (Å²) >= 11 is 0. The zero-order valence-electron chi connectivity index (χ0n) is 14.2. The lowest BCUT2D eigenvalue weighted by atomic mass is 10.1. The molecule has 124 valence electrons. The summed E-state index contributed by atoms with van der Waals surface area (Å²) in [7, 11) is 1.76. The number of nitrogens with zero attached hydrogens (tertiary/aromatic N) is 3. The summed E-state index contributed by atoms with van der Waals surface area (Å²) in [6.45, 7) is 4.59. The minimum Gasteiger partial charge on any atom is -0.467 e. The molecule has 0 atom stereocenters. The number of carbonyl (C=O) groups excluding carboxylic acids is 1. The van der Waals surface area contributed by atoms with Crippen molar-refractivity contribution in [1.29, 1.82) is 0 Å². The average Bonchev–Trinajstić information content (AvgIpc) is 3.12. The molecule has 0 fully saturated rings. The Bertz CT molecular complexity index is 856. The fourth-order valence-electron chi connectivity index (χ4n) is 2.76. The molecule has 3 aromatic rings. The molecule has 5 heteroatoms. The summed E-state index contributed by atoms with van der Waals surface area (Å²) in [6.07, 6.45) is 3.30. The molecular formula is C19H21N3O2. The second-order valence-electron chi connectivity index (χ2n) is 5.77. The van der Waals surface area contributed by atoms with Gasteiger partial charge in [-0.1, -0.05) is 13.8 Å². The van der Waals surface area contributed by atoms with Crippen LogP contribution in [0, 0.1) is 0 Å². The number of rotatable bonds is 5. The van der Waals surface area contributed by atoms with Gasteiger partial charge in [0.2, 0.25) is 0 Å². The zero-order valence-corrected chi connectivity index (χ0v) is 14.2. The number of fused-ring (bicyclic) bond motifs is 1. The van der Waals surface area contributed by atoms with Crippen LogP contribution in [0.5, 0.6) is 0 Å². The van der Waals surface area contributed by atoms with E-state index in [-0.39, 0.29) is 5.91 Å². The zero-order chi connectivity index (χ0) is 17.1. The van der Waals surface area contributed by atoms with Gasteiger partial charge in [-0.3, -0.25) is 4.79 Å². The largest absolute Gasteiger partial charge is 0.467 e. The predicted octanol–water partition coefficient (Wildman–Crippen LogP) is 3.62. The average molecular weight is 323 g/mol. The highest BCUT2D eigenvalue weighted by atomic mass is 16.3. The van der Waals surface area contributed by atoms with Gasteiger partial charge < -0.3 is 9.32 Å². The van der Waals surface area contributed by atoms with Crippen LogP contribution in [0.4, 0.5) is 0 Å². The van der Waals surface area contributed by atoms with Crippen LogP contribution in [0.25, 0.3) is 11.0 Å². The number of hydrogen-bond acceptors (Lipinski definition) is 4. The summed E-state index contributed by atoms with van der Waals surface area (Å²) in [6, 6.07) is 9.17. The van der Waals surface area contributed by atoms with Crippen molar-refractivity contribution in [3.05, 3.63) is 59.3 Å². The molecule has 0 spiro atoms. The third kappa shape index (κ3) is 3.15. The first-order valence-corrected chi connectivity index (χ1v) is 8.19. The maximum Gasteiger partial charge on any atom is 0.254 e. The fourth-order valence-corrected chi connectivity index (χ4v) is 2.76. The van der Waals surface area contributed by atoms with E-state index >= 15 is 0 Å². The standard InChI is InChI=1S/C19H21N3O2/c1-4-15-16(5-2)21-18-11-13(8-9-17(18)20-15)19(23)22(3)12-14-7-6-10-24-14/h6-11H,4-5,12H2,1-3H3. The Kier molecular flexibility index (Phi) is 4.60. The molecule has 1 amide bonds. The van der Waals surface area contributed by atoms with E-state index in [9.17, 15) is 4.79 Å². The molecule has 1 aromatic carbocycles. The van der Waals surface area contributed by atoms with Crippen LogP contribution in [0.1, 0.15) is 41.4 Å². The van der Waals surface area contributed by atoms with Gasteiger partial charge in [-0.15, -0.1) is 0 Å². The van der Waals surface area contributed by atoms with Crippen LogP contribution in [0.2, 0.25) is 0 Å². The maximum atomic E-state index is 12.6. The van der Waals surface area contributed by atoms with E-state index in [0.29, 0.717) is 12.1 Å². The van der Waals surface area contributed by atoms with Gasteiger partial charge in [-0.05, 0) is 43.2 Å². The molecule has 24 heavy (non-hydrogen) atoms. The van der Waals surface area contributed by atoms with Crippen molar-refractivity contribution in [2.24, 2.45) is 0 Å². The van der Waals surface area contributed by atoms with Gasteiger partial charge in [-0.25, -0.2) is 9.97 Å². The summed E-state index contributed by atoms with van der Waals surface area (Å²) in [5.41, 5.74) is 4.23. The Morgan fingerprint density at radius 3 is 2.42 bits per heavy atom. The van der Waals surface area contributed by atoms with Gasteiger partial charge >= 0.3 is 0 Å². The van der Waals surface area contributed by atoms with Crippen molar-refractivity contribution >= 4 is 16.9 Å². The van der Waals surface area contributed by atoms with Crippen LogP contribution >= 0.6 is 0 Å². The van der Waals surface area contributed by atoms with Crippen molar-refractivity contribution in [2.75, 3.05) is 7.05 Å². The van der Waals surface area contributed by atoms with Crippen molar-refractivity contribution in [3.8, 4) is 0 Å². The molecule has 0 N–H and O–H groups in total. The third-order valence-electron chi connectivity index (χ3n) is 4.06. The molecule has 5 nitrogen and oxygen atoms in total. The summed E-state index contributed by atoms with van der Waals surface area (Å²) in [5, 5.41) is 0. The normalized spacial score (nSPS) is 11.0. The Hall–Kier alpha value is -2.69. The van der Waals surface area contributed by atoms with Crippen molar-refractivity contribution in [3.63, 3.8) is 0 Å². The summed E-state index contributed by atoms with van der Waals surface area (Å²) in [4.78, 5) is 23.6. The van der Waals surface area contributed by atoms with E-state index in [0.717, 1.165) is 41.0 Å². The predicted molar refractivity (Wildman–Crippen MR) is 92.8 cm³/mol. The molecule has 2 heterocycles. The van der Waals surface area contributed by atoms with E-state index in [1.165, 1.54) is 0 Å². The van der Waals surface area contributed by atoms with Crippen LogP contribution in [0.15, 0.2) is 41.0 Å². The van der Waals surface area contributed by atoms with Gasteiger partial charge in [0.25, 0.3) is 5.91 Å². The highest BCUT2D eigenvalue weighted by Gasteiger charge is 2.15. The number of carbonyl (C=O) groups is 1. The number of aromatic nitrogens is 2. The quantitative estimate of drug-likeness (QED) is 0.719. The van der Waals surface area contributed by atoms with Crippen LogP contribution in [0.3, 0.4) is 0 Å². The molecule has 0 aliphatic rings. The molecule has 0 radical (unpaired) electrons. The molecule has 0 bridgehead atoms. The number of amides is 1. The summed E-state index contributed by atoms with van der Waals surface area (Å²) in [5.74, 6) is 0.694. The fraction of sp³-hybridized carbons (Fsp3) is 0.316. The van der Waals surface area contributed by atoms with Gasteiger partial charge in [0.15, 0.2) is 0 Å². The SMILES string of the molecule is CCc1nc2ccc(C(=O)N(C)Cc3ccco3)cc2nc1CC. The summed E-state index contributed by atoms with van der Waals surface area (Å²) < 4.78 is 5.30. The number of benzene rings is 1. The highest BCUT2D eigenvalue weighted by Crippen LogP contribution is 2.18. The maximum absolute atomic E-state index is 12.6. The Morgan fingerprint density at radius 1 is 1.08 bits per heavy atom. The molecule has 0 aliphatic carbocycles. The van der Waals surface area contributed by atoms with Gasteiger partial charge in [0.1, 0.15) is 5.76 Å². The molecule has 0 saturated heterocycles. The minimum atomic E-state index is -0.0623. The number of aryl methyl sites for hydroxylation is 2. The first kappa shape index (κ1) is 16.2. The van der Waals surface area contributed by atoms with E-state index in [2.05, 4.69) is 18.8 Å². The Morgan fingerprint density at radius 2 is 1.79 bits per heavy atom. The Labute approximate surface area is 141 Å². The van der Waals surface area contributed by atoms with Crippen molar-refractivity contribution in [1.82, 2.24) is 14.9 Å². The van der Waals surface area contributed by atoms with E-state index in [4.69, 9.17) is 9.40 Å². The number of hydrogen-bond donors (Lipinski definition) is 0. The first-order chi connectivity index (χ1) is 11.6. The smallest absolute Gasteiger partial charge is 0.254 e. The minimum absolute atomic E-state index is 0.0623. The van der Waals surface area contributed by atoms with E-state index in [1.807, 2.05) is 30.3 Å². The van der Waals surface area contributed by atoms with Gasteiger partial charge in [-0.2, -0.15) is 0 Å². The molecule has 3 rings (SSSR count). The van der Waals surface area contributed by atoms with Crippen molar-refractivity contribution in [2.45, 2.75) is 33.2 Å². The lowest BCUT2D eigenvalue weighted by Gasteiger charge is -2.16. The third-order valence-corrected chi connectivity index (χ3v) is 4.06. The molecule has 0 saturated carbocycles. The molecule has 2 aromatic heterocycles. The van der Waals surface area contributed by atoms with E-state index < -0.39 is 0 Å². The van der Waals surface area contributed by atoms with Gasteiger partial charge in [0, 0.05) is 12.6 Å². The van der Waals surface area contributed by atoms with E-state index in [1.54, 1.807) is 18.2 Å².